The molecule has 0 aromatic rings. The van der Waals surface area contributed by atoms with Gasteiger partial charge in [0.1, 0.15) is 0 Å². The number of piperazine rings is 1. The minimum Gasteiger partial charge on any atom is -0.340 e. The lowest BCUT2D eigenvalue weighted by atomic mass is 9.81. The van der Waals surface area contributed by atoms with Crippen LogP contribution in [0.3, 0.4) is 0 Å². The number of nitrogens with zero attached hydrogens (tertiary/aromatic N) is 2. The van der Waals surface area contributed by atoms with Crippen molar-refractivity contribution in [1.82, 2.24) is 20.4 Å². The molecule has 0 aromatic heterocycles. The Labute approximate surface area is 128 Å². The summed E-state index contributed by atoms with van der Waals surface area (Å²) in [6.45, 7) is 12.4. The molecule has 2 N–H and O–H groups in total. The van der Waals surface area contributed by atoms with Crippen molar-refractivity contribution in [2.45, 2.75) is 32.7 Å². The van der Waals surface area contributed by atoms with Crippen molar-refractivity contribution in [3.05, 3.63) is 0 Å². The minimum atomic E-state index is 0.100. The second-order valence-corrected chi connectivity index (χ2v) is 7.51. The van der Waals surface area contributed by atoms with Crippen LogP contribution < -0.4 is 10.6 Å². The van der Waals surface area contributed by atoms with Crippen LogP contribution >= 0.6 is 0 Å². The van der Waals surface area contributed by atoms with Gasteiger partial charge in [0.15, 0.2) is 0 Å². The van der Waals surface area contributed by atoms with Crippen LogP contribution in [0.4, 0.5) is 0 Å². The van der Waals surface area contributed by atoms with Gasteiger partial charge in [-0.15, -0.1) is 0 Å². The van der Waals surface area contributed by atoms with E-state index in [0.29, 0.717) is 5.91 Å². The van der Waals surface area contributed by atoms with E-state index in [1.165, 1.54) is 12.8 Å². The fourth-order valence-corrected chi connectivity index (χ4v) is 4.06. The van der Waals surface area contributed by atoms with Crippen molar-refractivity contribution in [3.8, 4) is 0 Å². The normalized spacial score (nSPS) is 31.5. The van der Waals surface area contributed by atoms with E-state index in [-0.39, 0.29) is 11.3 Å². The molecule has 0 saturated carbocycles. The van der Waals surface area contributed by atoms with Gasteiger partial charge >= 0.3 is 0 Å². The van der Waals surface area contributed by atoms with E-state index >= 15 is 0 Å². The van der Waals surface area contributed by atoms with Crippen LogP contribution in [0.15, 0.2) is 0 Å². The lowest BCUT2D eigenvalue weighted by molar-refractivity contribution is -0.139. The molecule has 5 heteroatoms. The number of nitrogens with one attached hydrogen (secondary N) is 2. The fourth-order valence-electron chi connectivity index (χ4n) is 4.06. The van der Waals surface area contributed by atoms with E-state index in [1.54, 1.807) is 0 Å². The third kappa shape index (κ3) is 3.25. The zero-order valence-electron chi connectivity index (χ0n) is 13.5. The number of hydrogen-bond acceptors (Lipinski definition) is 4. The molecule has 120 valence electrons. The second kappa shape index (κ2) is 6.23. The maximum absolute atomic E-state index is 12.8. The minimum absolute atomic E-state index is 0.100. The van der Waals surface area contributed by atoms with Crippen LogP contribution in [-0.2, 0) is 4.79 Å². The number of carbonyl (C=O) groups is 1. The third-order valence-corrected chi connectivity index (χ3v) is 5.62. The zero-order chi connectivity index (χ0) is 14.9. The maximum Gasteiger partial charge on any atom is 0.227 e. The molecule has 5 nitrogen and oxygen atoms in total. The summed E-state index contributed by atoms with van der Waals surface area (Å²) in [4.78, 5) is 17.5. The highest BCUT2D eigenvalue weighted by atomic mass is 16.2. The summed E-state index contributed by atoms with van der Waals surface area (Å²) in [5, 5.41) is 6.81. The molecule has 0 radical (unpaired) electrons. The summed E-state index contributed by atoms with van der Waals surface area (Å²) in [7, 11) is 0. The van der Waals surface area contributed by atoms with Gasteiger partial charge in [0.05, 0.1) is 5.92 Å². The number of rotatable bonds is 2. The first-order valence-corrected chi connectivity index (χ1v) is 8.52. The van der Waals surface area contributed by atoms with Crippen LogP contribution in [0, 0.1) is 11.3 Å². The first-order valence-electron chi connectivity index (χ1n) is 8.52. The molecule has 3 heterocycles. The van der Waals surface area contributed by atoms with Crippen molar-refractivity contribution in [2.24, 2.45) is 11.3 Å². The Morgan fingerprint density at radius 2 is 1.71 bits per heavy atom. The van der Waals surface area contributed by atoms with Gasteiger partial charge in [0.25, 0.3) is 0 Å². The standard InChI is InChI=1S/C16H30N4O/c1-16(2)12-18-11-14(16)15(21)20-9-7-19(8-10-20)13-3-5-17-6-4-13/h13-14,17-18H,3-12H2,1-2H3. The van der Waals surface area contributed by atoms with Gasteiger partial charge in [0.2, 0.25) is 5.91 Å². The maximum atomic E-state index is 12.8. The van der Waals surface area contributed by atoms with Gasteiger partial charge in [-0.1, -0.05) is 13.8 Å². The summed E-state index contributed by atoms with van der Waals surface area (Å²) in [6.07, 6.45) is 2.51. The second-order valence-electron chi connectivity index (χ2n) is 7.51. The molecule has 3 aliphatic heterocycles. The molecule has 3 fully saturated rings. The molecular formula is C16H30N4O. The lowest BCUT2D eigenvalue weighted by Crippen LogP contribution is -2.55. The van der Waals surface area contributed by atoms with Crippen molar-refractivity contribution in [2.75, 3.05) is 52.4 Å². The van der Waals surface area contributed by atoms with Crippen LogP contribution in [-0.4, -0.2) is 74.1 Å². The molecular weight excluding hydrogens is 264 g/mol. The molecule has 1 unspecified atom stereocenters. The number of hydrogen-bond donors (Lipinski definition) is 2. The molecule has 0 spiro atoms. The van der Waals surface area contributed by atoms with Crippen LogP contribution in [0.5, 0.6) is 0 Å². The molecule has 3 saturated heterocycles. The Kier molecular flexibility index (Phi) is 4.52. The third-order valence-electron chi connectivity index (χ3n) is 5.62. The lowest BCUT2D eigenvalue weighted by Gasteiger charge is -2.42. The fraction of sp³-hybridized carbons (Fsp3) is 0.938. The van der Waals surface area contributed by atoms with Gasteiger partial charge in [-0.3, -0.25) is 9.69 Å². The molecule has 3 rings (SSSR count). The quantitative estimate of drug-likeness (QED) is 0.760. The Morgan fingerprint density at radius 3 is 2.29 bits per heavy atom. The van der Waals surface area contributed by atoms with Crippen LogP contribution in [0.2, 0.25) is 0 Å². The Bertz CT molecular complexity index is 370. The monoisotopic (exact) mass is 294 g/mol. The molecule has 21 heavy (non-hydrogen) atoms. The average molecular weight is 294 g/mol. The smallest absolute Gasteiger partial charge is 0.227 e. The highest BCUT2D eigenvalue weighted by Crippen LogP contribution is 2.32. The number of amides is 1. The molecule has 0 aromatic carbocycles. The largest absolute Gasteiger partial charge is 0.340 e. The predicted octanol–water partition coefficient (Wildman–Crippen LogP) is 0.128. The zero-order valence-corrected chi connectivity index (χ0v) is 13.5. The van der Waals surface area contributed by atoms with Crippen molar-refractivity contribution >= 4 is 5.91 Å². The summed E-state index contributed by atoms with van der Waals surface area (Å²) >= 11 is 0. The summed E-state index contributed by atoms with van der Waals surface area (Å²) in [5.74, 6) is 0.526. The predicted molar refractivity (Wildman–Crippen MR) is 84.2 cm³/mol. The van der Waals surface area contributed by atoms with Gasteiger partial charge in [0, 0.05) is 45.3 Å². The van der Waals surface area contributed by atoms with Crippen molar-refractivity contribution in [3.63, 3.8) is 0 Å². The molecule has 0 bridgehead atoms. The van der Waals surface area contributed by atoms with E-state index in [1.807, 2.05) is 0 Å². The average Bonchev–Trinajstić information content (AvgIpc) is 2.87. The summed E-state index contributed by atoms with van der Waals surface area (Å²) < 4.78 is 0. The highest BCUT2D eigenvalue weighted by molar-refractivity contribution is 5.80. The van der Waals surface area contributed by atoms with Crippen molar-refractivity contribution in [1.29, 1.82) is 0 Å². The van der Waals surface area contributed by atoms with Gasteiger partial charge in [-0.25, -0.2) is 0 Å². The van der Waals surface area contributed by atoms with Gasteiger partial charge in [-0.05, 0) is 31.3 Å². The van der Waals surface area contributed by atoms with E-state index < -0.39 is 0 Å². The molecule has 1 atom stereocenters. The van der Waals surface area contributed by atoms with Crippen molar-refractivity contribution < 1.29 is 4.79 Å². The highest BCUT2D eigenvalue weighted by Gasteiger charge is 2.42. The summed E-state index contributed by atoms with van der Waals surface area (Å²) in [6, 6.07) is 0.730. The van der Waals surface area contributed by atoms with E-state index in [9.17, 15) is 4.79 Å². The number of piperidine rings is 1. The molecule has 0 aliphatic carbocycles. The first kappa shape index (κ1) is 15.3. The molecule has 3 aliphatic rings. The Balaban J connectivity index is 1.52. The topological polar surface area (TPSA) is 47.6 Å². The molecule has 1 amide bonds. The summed E-state index contributed by atoms with van der Waals surface area (Å²) in [5.41, 5.74) is 0.100. The number of carbonyl (C=O) groups excluding carboxylic acids is 1. The Hall–Kier alpha value is -0.650. The van der Waals surface area contributed by atoms with E-state index in [4.69, 9.17) is 0 Å². The van der Waals surface area contributed by atoms with Gasteiger partial charge in [-0.2, -0.15) is 0 Å². The van der Waals surface area contributed by atoms with E-state index in [2.05, 4.69) is 34.3 Å². The van der Waals surface area contributed by atoms with Crippen LogP contribution in [0.1, 0.15) is 26.7 Å². The van der Waals surface area contributed by atoms with E-state index in [0.717, 1.165) is 58.4 Å². The van der Waals surface area contributed by atoms with Gasteiger partial charge < -0.3 is 15.5 Å². The van der Waals surface area contributed by atoms with Crippen LogP contribution in [0.25, 0.3) is 0 Å². The first-order chi connectivity index (χ1) is 10.1. The Morgan fingerprint density at radius 1 is 1.05 bits per heavy atom. The SMILES string of the molecule is CC1(C)CNCC1C(=O)N1CCN(C2CCNCC2)CC1.